The Balaban J connectivity index is 1.83. The SMILES string of the molecule is CCN(CC1CCCCN1)C1CCC(C)(C)C1. The summed E-state index contributed by atoms with van der Waals surface area (Å²) in [5.41, 5.74) is 0.581. The predicted octanol–water partition coefficient (Wildman–Crippen LogP) is 3.03. The minimum absolute atomic E-state index is 0.581. The van der Waals surface area contributed by atoms with Crippen LogP contribution in [0.4, 0.5) is 0 Å². The van der Waals surface area contributed by atoms with Gasteiger partial charge < -0.3 is 5.32 Å². The lowest BCUT2D eigenvalue weighted by Crippen LogP contribution is -2.46. The summed E-state index contributed by atoms with van der Waals surface area (Å²) in [7, 11) is 0. The summed E-state index contributed by atoms with van der Waals surface area (Å²) < 4.78 is 0. The fraction of sp³-hybridized carbons (Fsp3) is 1.00. The highest BCUT2D eigenvalue weighted by Gasteiger charge is 2.34. The largest absolute Gasteiger partial charge is 0.313 e. The fourth-order valence-electron chi connectivity index (χ4n) is 3.61. The second-order valence-electron chi connectivity index (χ2n) is 6.80. The molecule has 2 nitrogen and oxygen atoms in total. The topological polar surface area (TPSA) is 15.3 Å². The standard InChI is InChI=1S/C15H30N2/c1-4-17(12-13-7-5-6-10-16-13)14-8-9-15(2,3)11-14/h13-14,16H,4-12H2,1-3H3. The molecule has 0 bridgehead atoms. The highest BCUT2D eigenvalue weighted by Crippen LogP contribution is 2.39. The molecule has 2 unspecified atom stereocenters. The molecular weight excluding hydrogens is 208 g/mol. The first kappa shape index (κ1) is 13.4. The molecule has 0 aromatic heterocycles. The first-order valence-corrected chi connectivity index (χ1v) is 7.58. The zero-order chi connectivity index (χ0) is 12.3. The van der Waals surface area contributed by atoms with E-state index in [1.165, 1.54) is 58.2 Å². The van der Waals surface area contributed by atoms with E-state index in [1.807, 2.05) is 0 Å². The van der Waals surface area contributed by atoms with E-state index in [2.05, 4.69) is 31.0 Å². The van der Waals surface area contributed by atoms with Gasteiger partial charge in [-0.2, -0.15) is 0 Å². The minimum atomic E-state index is 0.581. The summed E-state index contributed by atoms with van der Waals surface area (Å²) in [4.78, 5) is 2.73. The lowest BCUT2D eigenvalue weighted by Gasteiger charge is -2.34. The van der Waals surface area contributed by atoms with Crippen LogP contribution in [-0.2, 0) is 0 Å². The Bertz CT molecular complexity index is 231. The first-order chi connectivity index (χ1) is 8.11. The van der Waals surface area contributed by atoms with Crippen LogP contribution >= 0.6 is 0 Å². The van der Waals surface area contributed by atoms with Crippen LogP contribution in [0.2, 0.25) is 0 Å². The van der Waals surface area contributed by atoms with Crippen LogP contribution in [0.15, 0.2) is 0 Å². The zero-order valence-corrected chi connectivity index (χ0v) is 12.0. The molecule has 1 saturated carbocycles. The van der Waals surface area contributed by atoms with Gasteiger partial charge in [0, 0.05) is 18.6 Å². The molecule has 0 radical (unpaired) electrons. The molecule has 1 saturated heterocycles. The molecule has 0 amide bonds. The maximum absolute atomic E-state index is 3.69. The third-order valence-corrected chi connectivity index (χ3v) is 4.73. The van der Waals surface area contributed by atoms with Gasteiger partial charge in [0.15, 0.2) is 0 Å². The first-order valence-electron chi connectivity index (χ1n) is 7.58. The number of piperidine rings is 1. The van der Waals surface area contributed by atoms with E-state index in [9.17, 15) is 0 Å². The summed E-state index contributed by atoms with van der Waals surface area (Å²) in [6.07, 6.45) is 8.39. The molecule has 0 spiro atoms. The van der Waals surface area contributed by atoms with Crippen molar-refractivity contribution in [2.75, 3.05) is 19.6 Å². The predicted molar refractivity (Wildman–Crippen MR) is 74.3 cm³/mol. The van der Waals surface area contributed by atoms with Crippen molar-refractivity contribution in [2.45, 2.75) is 71.4 Å². The number of nitrogens with zero attached hydrogens (tertiary/aromatic N) is 1. The number of nitrogens with one attached hydrogen (secondary N) is 1. The molecule has 17 heavy (non-hydrogen) atoms. The highest BCUT2D eigenvalue weighted by molar-refractivity contribution is 4.89. The summed E-state index contributed by atoms with van der Waals surface area (Å²) in [5.74, 6) is 0. The van der Waals surface area contributed by atoms with Crippen LogP contribution in [0.5, 0.6) is 0 Å². The van der Waals surface area contributed by atoms with Crippen molar-refractivity contribution in [3.63, 3.8) is 0 Å². The summed E-state index contributed by atoms with van der Waals surface area (Å²) >= 11 is 0. The average Bonchev–Trinajstić information content (AvgIpc) is 2.68. The van der Waals surface area contributed by atoms with E-state index in [-0.39, 0.29) is 0 Å². The Morgan fingerprint density at radius 1 is 1.24 bits per heavy atom. The molecule has 2 atom stereocenters. The molecule has 1 aliphatic heterocycles. The molecular formula is C15H30N2. The van der Waals surface area contributed by atoms with Crippen molar-refractivity contribution < 1.29 is 0 Å². The van der Waals surface area contributed by atoms with E-state index in [0.717, 1.165) is 12.1 Å². The van der Waals surface area contributed by atoms with E-state index in [1.54, 1.807) is 0 Å². The van der Waals surface area contributed by atoms with Gasteiger partial charge in [-0.05, 0) is 50.6 Å². The zero-order valence-electron chi connectivity index (χ0n) is 12.0. The van der Waals surface area contributed by atoms with Gasteiger partial charge in [-0.25, -0.2) is 0 Å². The monoisotopic (exact) mass is 238 g/mol. The number of hydrogen-bond acceptors (Lipinski definition) is 2. The van der Waals surface area contributed by atoms with Crippen LogP contribution in [-0.4, -0.2) is 36.6 Å². The van der Waals surface area contributed by atoms with Gasteiger partial charge in [0.1, 0.15) is 0 Å². The lowest BCUT2D eigenvalue weighted by atomic mass is 9.91. The van der Waals surface area contributed by atoms with E-state index in [0.29, 0.717) is 5.41 Å². The van der Waals surface area contributed by atoms with Crippen molar-refractivity contribution in [3.05, 3.63) is 0 Å². The van der Waals surface area contributed by atoms with Gasteiger partial charge >= 0.3 is 0 Å². The molecule has 0 aromatic carbocycles. The minimum Gasteiger partial charge on any atom is -0.313 e. The molecule has 1 N–H and O–H groups in total. The molecule has 1 aliphatic carbocycles. The van der Waals surface area contributed by atoms with Crippen LogP contribution in [0.3, 0.4) is 0 Å². The van der Waals surface area contributed by atoms with E-state index < -0.39 is 0 Å². The molecule has 100 valence electrons. The third-order valence-electron chi connectivity index (χ3n) is 4.73. The molecule has 2 aliphatic rings. The van der Waals surface area contributed by atoms with Crippen molar-refractivity contribution in [2.24, 2.45) is 5.41 Å². The van der Waals surface area contributed by atoms with Gasteiger partial charge in [-0.1, -0.05) is 27.2 Å². The van der Waals surface area contributed by atoms with Crippen LogP contribution in [0.25, 0.3) is 0 Å². The average molecular weight is 238 g/mol. The molecule has 1 heterocycles. The summed E-state index contributed by atoms with van der Waals surface area (Å²) in [6.45, 7) is 10.9. The Morgan fingerprint density at radius 2 is 2.06 bits per heavy atom. The van der Waals surface area contributed by atoms with Gasteiger partial charge in [-0.3, -0.25) is 4.90 Å². The van der Waals surface area contributed by atoms with E-state index in [4.69, 9.17) is 0 Å². The lowest BCUT2D eigenvalue weighted by molar-refractivity contribution is 0.166. The van der Waals surface area contributed by atoms with Crippen LogP contribution in [0, 0.1) is 5.41 Å². The van der Waals surface area contributed by atoms with Crippen molar-refractivity contribution in [1.82, 2.24) is 10.2 Å². The van der Waals surface area contributed by atoms with Crippen LogP contribution in [0.1, 0.15) is 59.3 Å². The van der Waals surface area contributed by atoms with Crippen molar-refractivity contribution in [3.8, 4) is 0 Å². The molecule has 2 rings (SSSR count). The molecule has 0 aromatic rings. The number of likely N-dealkylation sites (N-methyl/N-ethyl adjacent to an activating group) is 1. The van der Waals surface area contributed by atoms with Crippen molar-refractivity contribution in [1.29, 1.82) is 0 Å². The van der Waals surface area contributed by atoms with Gasteiger partial charge in [0.25, 0.3) is 0 Å². The molecule has 2 heteroatoms. The van der Waals surface area contributed by atoms with Crippen LogP contribution < -0.4 is 5.32 Å². The second kappa shape index (κ2) is 5.71. The second-order valence-corrected chi connectivity index (χ2v) is 6.80. The van der Waals surface area contributed by atoms with Gasteiger partial charge in [0.05, 0.1) is 0 Å². The summed E-state index contributed by atoms with van der Waals surface area (Å²) in [6, 6.07) is 1.60. The Kier molecular flexibility index (Phi) is 4.48. The fourth-order valence-corrected chi connectivity index (χ4v) is 3.61. The Labute approximate surface area is 107 Å². The van der Waals surface area contributed by atoms with Gasteiger partial charge in [-0.15, -0.1) is 0 Å². The smallest absolute Gasteiger partial charge is 0.0195 e. The highest BCUT2D eigenvalue weighted by atomic mass is 15.2. The quantitative estimate of drug-likeness (QED) is 0.810. The van der Waals surface area contributed by atoms with E-state index >= 15 is 0 Å². The molecule has 2 fully saturated rings. The maximum atomic E-state index is 3.69. The van der Waals surface area contributed by atoms with Gasteiger partial charge in [0.2, 0.25) is 0 Å². The Morgan fingerprint density at radius 3 is 2.59 bits per heavy atom. The maximum Gasteiger partial charge on any atom is 0.0195 e. The third kappa shape index (κ3) is 3.69. The Hall–Kier alpha value is -0.0800. The van der Waals surface area contributed by atoms with Crippen molar-refractivity contribution >= 4 is 0 Å². The normalized spacial score (nSPS) is 33.2. The summed E-state index contributed by atoms with van der Waals surface area (Å²) in [5, 5.41) is 3.69. The number of hydrogen-bond donors (Lipinski definition) is 1. The number of rotatable bonds is 4.